The van der Waals surface area contributed by atoms with Crippen molar-refractivity contribution in [3.05, 3.63) is 52.4 Å². The number of aliphatic carboxylic acids is 1. The number of carboxylic acid groups (broad SMARTS) is 1. The molecule has 28 heavy (non-hydrogen) atoms. The summed E-state index contributed by atoms with van der Waals surface area (Å²) in [6, 6.07) is 2.02. The van der Waals surface area contributed by atoms with Crippen LogP contribution in [0.4, 0.5) is 13.2 Å². The van der Waals surface area contributed by atoms with Gasteiger partial charge in [0.25, 0.3) is 11.7 Å². The highest BCUT2D eigenvalue weighted by Gasteiger charge is 2.36. The highest BCUT2D eigenvalue weighted by Crippen LogP contribution is 2.33. The maximum Gasteiger partial charge on any atom is 0.433 e. The number of aliphatic hydroxyl groups is 1. The zero-order valence-electron chi connectivity index (χ0n) is 14.1. The van der Waals surface area contributed by atoms with Crippen LogP contribution in [0.25, 0.3) is 0 Å². The molecule has 3 rings (SSSR count). The number of carboxylic acids is 1. The van der Waals surface area contributed by atoms with E-state index >= 15 is 0 Å². The molecule has 1 aromatic rings. The minimum absolute atomic E-state index is 0.0119. The smallest absolute Gasteiger partial charge is 0.433 e. The van der Waals surface area contributed by atoms with Crippen molar-refractivity contribution in [1.29, 1.82) is 0 Å². The molecule has 0 aromatic carbocycles. The Bertz CT molecular complexity index is 863. The summed E-state index contributed by atoms with van der Waals surface area (Å²) in [4.78, 5) is 31.4. The molecule has 0 fully saturated rings. The number of ether oxygens (including phenoxy) is 1. The van der Waals surface area contributed by atoms with Crippen molar-refractivity contribution in [2.75, 3.05) is 19.8 Å². The predicted molar refractivity (Wildman–Crippen MR) is 84.0 cm³/mol. The van der Waals surface area contributed by atoms with Crippen molar-refractivity contribution in [2.45, 2.75) is 12.7 Å². The topological polar surface area (TPSA) is 121 Å². The van der Waals surface area contributed by atoms with E-state index in [2.05, 4.69) is 10.3 Å². The molecule has 0 radical (unpaired) electrons. The van der Waals surface area contributed by atoms with Gasteiger partial charge in [-0.25, -0.2) is 5.06 Å². The van der Waals surface area contributed by atoms with Crippen molar-refractivity contribution in [3.63, 3.8) is 0 Å². The van der Waals surface area contributed by atoms with Crippen LogP contribution in [0.2, 0.25) is 0 Å². The van der Waals surface area contributed by atoms with Crippen LogP contribution in [0.15, 0.2) is 41.1 Å². The van der Waals surface area contributed by atoms with E-state index in [9.17, 15) is 27.9 Å². The van der Waals surface area contributed by atoms with E-state index in [0.29, 0.717) is 11.3 Å². The average Bonchev–Trinajstić information content (AvgIpc) is 3.12. The van der Waals surface area contributed by atoms with Crippen molar-refractivity contribution < 1.29 is 42.5 Å². The number of rotatable bonds is 5. The Morgan fingerprint density at radius 2 is 2.04 bits per heavy atom. The number of nitrogens with one attached hydrogen (secondary N) is 1. The van der Waals surface area contributed by atoms with Gasteiger partial charge in [0.1, 0.15) is 12.2 Å². The first-order valence-corrected chi connectivity index (χ1v) is 7.88. The Kier molecular flexibility index (Phi) is 5.14. The van der Waals surface area contributed by atoms with E-state index < -0.39 is 41.8 Å². The summed E-state index contributed by atoms with van der Waals surface area (Å²) in [6.07, 6.45) is -3.55. The van der Waals surface area contributed by atoms with Gasteiger partial charge in [-0.2, -0.15) is 13.2 Å². The number of aromatic nitrogens is 1. The first-order valence-electron chi connectivity index (χ1n) is 7.88. The van der Waals surface area contributed by atoms with E-state index in [-0.39, 0.29) is 25.3 Å². The molecule has 9 nitrogen and oxygen atoms in total. The van der Waals surface area contributed by atoms with E-state index in [1.807, 2.05) is 0 Å². The van der Waals surface area contributed by atoms with Crippen molar-refractivity contribution in [2.24, 2.45) is 0 Å². The molecule has 150 valence electrons. The number of hydroxylamine groups is 2. The summed E-state index contributed by atoms with van der Waals surface area (Å²) >= 11 is 0. The third-order valence-corrected chi connectivity index (χ3v) is 3.88. The fourth-order valence-electron chi connectivity index (χ4n) is 2.56. The fourth-order valence-corrected chi connectivity index (χ4v) is 2.56. The zero-order valence-corrected chi connectivity index (χ0v) is 14.1. The zero-order chi connectivity index (χ0) is 20.5. The number of aliphatic hydroxyl groups excluding tert-OH is 1. The second-order valence-electron chi connectivity index (χ2n) is 5.85. The molecule has 12 heteroatoms. The van der Waals surface area contributed by atoms with Gasteiger partial charge >= 0.3 is 12.1 Å². The van der Waals surface area contributed by atoms with Crippen LogP contribution in [0.1, 0.15) is 11.3 Å². The lowest BCUT2D eigenvalue weighted by Crippen LogP contribution is -2.37. The quantitative estimate of drug-likeness (QED) is 0.671. The fraction of sp³-hybridized carbons (Fsp3) is 0.312. The van der Waals surface area contributed by atoms with E-state index in [1.165, 1.54) is 11.1 Å². The largest absolute Gasteiger partial charge is 0.504 e. The highest BCUT2D eigenvalue weighted by atomic mass is 19.4. The van der Waals surface area contributed by atoms with Gasteiger partial charge in [0, 0.05) is 11.8 Å². The van der Waals surface area contributed by atoms with Gasteiger partial charge in [-0.15, -0.1) is 0 Å². The second kappa shape index (κ2) is 7.38. The lowest BCUT2D eigenvalue weighted by atomic mass is 10.1. The number of amides is 1. The number of alkyl halides is 3. The number of nitrogens with zero attached hydrogens (tertiary/aromatic N) is 2. The predicted octanol–water partition coefficient (Wildman–Crippen LogP) is 1.10. The summed E-state index contributed by atoms with van der Waals surface area (Å²) < 4.78 is 43.1. The van der Waals surface area contributed by atoms with Crippen LogP contribution < -0.4 is 5.32 Å². The number of halogens is 3. The molecule has 0 bridgehead atoms. The number of hydrogen-bond acceptors (Lipinski definition) is 7. The Hall–Kier alpha value is -3.28. The number of hydrogen-bond donors (Lipinski definition) is 3. The lowest BCUT2D eigenvalue weighted by molar-refractivity contribution is -0.145. The van der Waals surface area contributed by atoms with Crippen LogP contribution in [0.3, 0.4) is 0 Å². The molecule has 0 atom stereocenters. The molecule has 0 saturated carbocycles. The van der Waals surface area contributed by atoms with Crippen LogP contribution in [-0.2, 0) is 31.9 Å². The van der Waals surface area contributed by atoms with E-state index in [1.54, 1.807) is 0 Å². The maximum atomic E-state index is 12.6. The van der Waals surface area contributed by atoms with Crippen LogP contribution in [0, 0.1) is 0 Å². The SMILES string of the molecule is O=C(O)CNC(=O)C1=C(O)C2=C(COC2)N(Cc2ccc(C(F)(F)F)nc2)O1. The lowest BCUT2D eigenvalue weighted by Gasteiger charge is -2.30. The van der Waals surface area contributed by atoms with Crippen LogP contribution >= 0.6 is 0 Å². The average molecular weight is 401 g/mol. The second-order valence-corrected chi connectivity index (χ2v) is 5.85. The van der Waals surface area contributed by atoms with Crippen molar-refractivity contribution in [1.82, 2.24) is 15.4 Å². The molecule has 3 N–H and O–H groups in total. The first kappa shape index (κ1) is 19.5. The first-order chi connectivity index (χ1) is 13.2. The van der Waals surface area contributed by atoms with E-state index in [0.717, 1.165) is 12.3 Å². The molecule has 0 aliphatic carbocycles. The Balaban J connectivity index is 1.81. The minimum Gasteiger partial charge on any atom is -0.504 e. The molecule has 2 aliphatic rings. The third-order valence-electron chi connectivity index (χ3n) is 3.88. The maximum absolute atomic E-state index is 12.6. The Labute approximate surface area is 155 Å². The summed E-state index contributed by atoms with van der Waals surface area (Å²) in [5, 5.41) is 22.1. The third kappa shape index (κ3) is 4.01. The highest BCUT2D eigenvalue weighted by molar-refractivity contribution is 5.94. The number of pyridine rings is 1. The van der Waals surface area contributed by atoms with Gasteiger partial charge < -0.3 is 25.1 Å². The summed E-state index contributed by atoms with van der Waals surface area (Å²) in [7, 11) is 0. The van der Waals surface area contributed by atoms with Gasteiger partial charge in [0.05, 0.1) is 25.5 Å². The van der Waals surface area contributed by atoms with Gasteiger partial charge in [-0.3, -0.25) is 14.6 Å². The molecule has 0 unspecified atom stereocenters. The molecule has 0 saturated heterocycles. The molecular formula is C16H14F3N3O6. The monoisotopic (exact) mass is 401 g/mol. The molecule has 0 spiro atoms. The van der Waals surface area contributed by atoms with Crippen molar-refractivity contribution in [3.8, 4) is 0 Å². The Morgan fingerprint density at radius 1 is 1.29 bits per heavy atom. The minimum atomic E-state index is -4.57. The van der Waals surface area contributed by atoms with Gasteiger partial charge in [-0.1, -0.05) is 6.07 Å². The summed E-state index contributed by atoms with van der Waals surface area (Å²) in [5.74, 6) is -3.28. The van der Waals surface area contributed by atoms with Gasteiger partial charge in [-0.05, 0) is 11.6 Å². The molecule has 1 aromatic heterocycles. The molecule has 2 aliphatic heterocycles. The summed E-state index contributed by atoms with van der Waals surface area (Å²) in [5.41, 5.74) is -0.0385. The normalized spacial score (nSPS) is 16.8. The Morgan fingerprint density at radius 3 is 2.64 bits per heavy atom. The van der Waals surface area contributed by atoms with E-state index in [4.69, 9.17) is 14.7 Å². The molecule has 3 heterocycles. The molecule has 1 amide bonds. The number of carbonyl (C=O) groups is 2. The van der Waals surface area contributed by atoms with Gasteiger partial charge in [0.2, 0.25) is 0 Å². The van der Waals surface area contributed by atoms with Crippen LogP contribution in [-0.4, -0.2) is 51.9 Å². The van der Waals surface area contributed by atoms with Crippen LogP contribution in [0.5, 0.6) is 0 Å². The number of carbonyl (C=O) groups excluding carboxylic acids is 1. The van der Waals surface area contributed by atoms with Crippen molar-refractivity contribution >= 4 is 11.9 Å². The standard InChI is InChI=1S/C16H14F3N3O6/c17-16(18,19)11-2-1-8(3-20-11)5-22-10-7-27-6-9(10)13(25)14(28-22)15(26)21-4-12(23)24/h1-3,25H,4-7H2,(H,21,26)(H,23,24). The summed E-state index contributed by atoms with van der Waals surface area (Å²) in [6.45, 7) is -0.736. The molecular weight excluding hydrogens is 387 g/mol. The van der Waals surface area contributed by atoms with Gasteiger partial charge in [0.15, 0.2) is 5.76 Å².